The molecule has 1 fully saturated rings. The van der Waals surface area contributed by atoms with Crippen LogP contribution in [0.3, 0.4) is 0 Å². The number of aromatic nitrogens is 4. The van der Waals surface area contributed by atoms with Crippen molar-refractivity contribution in [1.29, 1.82) is 0 Å². The number of hydrogen-bond acceptors (Lipinski definition) is 5. The molecule has 8 nitrogen and oxygen atoms in total. The minimum Gasteiger partial charge on any atom is -0.463 e. The van der Waals surface area contributed by atoms with E-state index in [9.17, 15) is 9.59 Å². The number of hydrogen-bond donors (Lipinski definition) is 1. The number of H-pyrrole nitrogens is 1. The Morgan fingerprint density at radius 3 is 2.93 bits per heavy atom. The molecule has 150 valence electrons. The largest absolute Gasteiger partial charge is 0.463 e. The zero-order valence-electron chi connectivity index (χ0n) is 16.1. The highest BCUT2D eigenvalue weighted by Gasteiger charge is 2.30. The highest BCUT2D eigenvalue weighted by Crippen LogP contribution is 2.26. The highest BCUT2D eigenvalue weighted by molar-refractivity contribution is 5.94. The Labute approximate surface area is 167 Å². The third kappa shape index (κ3) is 3.28. The molecule has 3 aromatic rings. The van der Waals surface area contributed by atoms with Crippen molar-refractivity contribution >= 4 is 5.91 Å². The average molecular weight is 393 g/mol. The van der Waals surface area contributed by atoms with Gasteiger partial charge in [0.15, 0.2) is 11.5 Å². The summed E-state index contributed by atoms with van der Waals surface area (Å²) in [6.07, 6.45) is 7.29. The lowest BCUT2D eigenvalue weighted by Gasteiger charge is -2.33. The fourth-order valence-corrected chi connectivity index (χ4v) is 4.39. The monoisotopic (exact) mass is 393 g/mol. The van der Waals surface area contributed by atoms with Crippen LogP contribution in [0.2, 0.25) is 0 Å². The van der Waals surface area contributed by atoms with Crippen LogP contribution in [0.4, 0.5) is 0 Å². The molecule has 1 aliphatic heterocycles. The van der Waals surface area contributed by atoms with Crippen LogP contribution in [0.5, 0.6) is 0 Å². The van der Waals surface area contributed by atoms with Crippen LogP contribution < -0.4 is 5.56 Å². The molecule has 1 N–H and O–H groups in total. The summed E-state index contributed by atoms with van der Waals surface area (Å²) in [6, 6.07) is 6.62. The summed E-state index contributed by atoms with van der Waals surface area (Å²) in [5.74, 6) is 0.565. The lowest BCUT2D eigenvalue weighted by molar-refractivity contribution is 0.0663. The molecule has 0 radical (unpaired) electrons. The van der Waals surface area contributed by atoms with Crippen molar-refractivity contribution in [3.8, 4) is 11.5 Å². The van der Waals surface area contributed by atoms with Gasteiger partial charge in [-0.25, -0.2) is 4.68 Å². The van der Waals surface area contributed by atoms with Crippen molar-refractivity contribution in [2.45, 2.75) is 44.6 Å². The molecular weight excluding hydrogens is 370 g/mol. The standard InChI is InChI=1S/C21H23N5O3/c27-19-10-9-17(18-8-4-12-29-18)24-26(19)14-5-3-11-25(13-14)21(28)20-15-6-1-2-7-16(15)22-23-20/h4,8-10,12,14H,1-3,5-7,11,13H2,(H,22,23)/t14-/m1/s1. The lowest BCUT2D eigenvalue weighted by Crippen LogP contribution is -2.43. The Hall–Kier alpha value is -3.16. The Kier molecular flexibility index (Phi) is 4.54. The number of rotatable bonds is 3. The predicted octanol–water partition coefficient (Wildman–Crippen LogP) is 2.58. The van der Waals surface area contributed by atoms with Crippen LogP contribution in [0.25, 0.3) is 11.5 Å². The van der Waals surface area contributed by atoms with Gasteiger partial charge in [-0.2, -0.15) is 10.2 Å². The van der Waals surface area contributed by atoms with Gasteiger partial charge in [0.2, 0.25) is 0 Å². The number of amides is 1. The van der Waals surface area contributed by atoms with Crippen molar-refractivity contribution < 1.29 is 9.21 Å². The summed E-state index contributed by atoms with van der Waals surface area (Å²) in [6.45, 7) is 1.12. The molecule has 1 atom stereocenters. The Morgan fingerprint density at radius 1 is 1.17 bits per heavy atom. The van der Waals surface area contributed by atoms with Crippen LogP contribution in [-0.2, 0) is 12.8 Å². The van der Waals surface area contributed by atoms with Crippen LogP contribution in [0.15, 0.2) is 39.7 Å². The van der Waals surface area contributed by atoms with Crippen molar-refractivity contribution in [2.75, 3.05) is 13.1 Å². The number of likely N-dealkylation sites (tertiary alicyclic amines) is 1. The molecule has 29 heavy (non-hydrogen) atoms. The predicted molar refractivity (Wildman–Crippen MR) is 106 cm³/mol. The molecule has 1 aliphatic carbocycles. The number of fused-ring (bicyclic) bond motifs is 1. The molecule has 0 aromatic carbocycles. The van der Waals surface area contributed by atoms with Gasteiger partial charge >= 0.3 is 0 Å². The van der Waals surface area contributed by atoms with Gasteiger partial charge in [-0.15, -0.1) is 0 Å². The van der Waals surface area contributed by atoms with Gasteiger partial charge in [0.05, 0.1) is 12.3 Å². The Morgan fingerprint density at radius 2 is 2.07 bits per heavy atom. The molecule has 8 heteroatoms. The SMILES string of the molecule is O=C(c1n[nH]c2c1CCCC2)N1CCC[C@@H](n2nc(-c3ccco3)ccc2=O)C1. The number of carbonyl (C=O) groups excluding carboxylic acids is 1. The Bertz CT molecular complexity index is 1080. The molecule has 1 saturated heterocycles. The molecule has 2 aliphatic rings. The van der Waals surface area contributed by atoms with E-state index >= 15 is 0 Å². The number of aromatic amines is 1. The van der Waals surface area contributed by atoms with Gasteiger partial charge in [-0.05, 0) is 56.7 Å². The minimum absolute atomic E-state index is 0.0515. The summed E-state index contributed by atoms with van der Waals surface area (Å²) in [4.78, 5) is 27.5. The van der Waals surface area contributed by atoms with E-state index in [0.29, 0.717) is 30.2 Å². The van der Waals surface area contributed by atoms with Gasteiger partial charge in [0.25, 0.3) is 11.5 Å². The zero-order valence-corrected chi connectivity index (χ0v) is 16.1. The van der Waals surface area contributed by atoms with E-state index in [4.69, 9.17) is 4.42 Å². The summed E-state index contributed by atoms with van der Waals surface area (Å²) in [7, 11) is 0. The first-order valence-electron chi connectivity index (χ1n) is 10.2. The van der Waals surface area contributed by atoms with Gasteiger partial charge in [-0.3, -0.25) is 14.7 Å². The third-order valence-corrected chi connectivity index (χ3v) is 5.89. The topological polar surface area (TPSA) is 97.0 Å². The van der Waals surface area contributed by atoms with E-state index in [1.54, 1.807) is 18.4 Å². The second-order valence-corrected chi connectivity index (χ2v) is 7.76. The molecule has 5 rings (SSSR count). The van der Waals surface area contributed by atoms with E-state index in [0.717, 1.165) is 49.8 Å². The molecule has 3 aromatic heterocycles. The van der Waals surface area contributed by atoms with Gasteiger partial charge < -0.3 is 9.32 Å². The van der Waals surface area contributed by atoms with Gasteiger partial charge in [-0.1, -0.05) is 0 Å². The quantitative estimate of drug-likeness (QED) is 0.738. The lowest BCUT2D eigenvalue weighted by atomic mass is 9.95. The number of furan rings is 1. The number of aryl methyl sites for hydroxylation is 1. The average Bonchev–Trinajstić information content (AvgIpc) is 3.44. The normalized spacial score (nSPS) is 19.2. The third-order valence-electron chi connectivity index (χ3n) is 5.89. The fraction of sp³-hybridized carbons (Fsp3) is 0.429. The number of piperidine rings is 1. The maximum absolute atomic E-state index is 13.2. The second-order valence-electron chi connectivity index (χ2n) is 7.76. The van der Waals surface area contributed by atoms with Gasteiger partial charge in [0.1, 0.15) is 5.69 Å². The van der Waals surface area contributed by atoms with Crippen LogP contribution in [-0.4, -0.2) is 43.9 Å². The van der Waals surface area contributed by atoms with Crippen molar-refractivity contribution in [1.82, 2.24) is 24.9 Å². The molecule has 0 spiro atoms. The van der Waals surface area contributed by atoms with E-state index in [1.165, 1.54) is 10.7 Å². The zero-order chi connectivity index (χ0) is 19.8. The van der Waals surface area contributed by atoms with Crippen LogP contribution in [0, 0.1) is 0 Å². The smallest absolute Gasteiger partial charge is 0.274 e. The molecule has 1 amide bonds. The fourth-order valence-electron chi connectivity index (χ4n) is 4.39. The summed E-state index contributed by atoms with van der Waals surface area (Å²) < 4.78 is 6.91. The van der Waals surface area contributed by atoms with Crippen molar-refractivity contribution in [2.24, 2.45) is 0 Å². The van der Waals surface area contributed by atoms with Crippen molar-refractivity contribution in [3.63, 3.8) is 0 Å². The van der Waals surface area contributed by atoms with E-state index in [2.05, 4.69) is 15.3 Å². The van der Waals surface area contributed by atoms with Crippen LogP contribution in [0.1, 0.15) is 53.5 Å². The first kappa shape index (κ1) is 17.9. The van der Waals surface area contributed by atoms with E-state index in [1.807, 2.05) is 11.0 Å². The molecular formula is C21H23N5O3. The highest BCUT2D eigenvalue weighted by atomic mass is 16.3. The van der Waals surface area contributed by atoms with E-state index < -0.39 is 0 Å². The second kappa shape index (κ2) is 7.35. The number of nitrogens with one attached hydrogen (secondary N) is 1. The number of nitrogens with zero attached hydrogens (tertiary/aromatic N) is 4. The first-order valence-corrected chi connectivity index (χ1v) is 10.2. The maximum atomic E-state index is 13.2. The maximum Gasteiger partial charge on any atom is 0.274 e. The van der Waals surface area contributed by atoms with Gasteiger partial charge in [0, 0.05) is 30.4 Å². The molecule has 4 heterocycles. The molecule has 0 saturated carbocycles. The summed E-state index contributed by atoms with van der Waals surface area (Å²) in [5, 5.41) is 11.9. The summed E-state index contributed by atoms with van der Waals surface area (Å²) >= 11 is 0. The van der Waals surface area contributed by atoms with Crippen molar-refractivity contribution in [3.05, 3.63) is 57.8 Å². The van der Waals surface area contributed by atoms with E-state index in [-0.39, 0.29) is 17.5 Å². The summed E-state index contributed by atoms with van der Waals surface area (Å²) in [5.41, 5.74) is 3.15. The van der Waals surface area contributed by atoms with Crippen LogP contribution >= 0.6 is 0 Å². The number of carbonyl (C=O) groups is 1. The Balaban J connectivity index is 1.40. The molecule has 0 bridgehead atoms. The molecule has 0 unspecified atom stereocenters. The minimum atomic E-state index is -0.170. The first-order chi connectivity index (χ1) is 14.2.